The van der Waals surface area contributed by atoms with Crippen LogP contribution in [0.5, 0.6) is 11.5 Å². The number of benzene rings is 1. The van der Waals surface area contributed by atoms with E-state index in [-0.39, 0.29) is 0 Å². The van der Waals surface area contributed by atoms with Crippen molar-refractivity contribution in [3.63, 3.8) is 0 Å². The average Bonchev–Trinajstić information content (AvgIpc) is 2.62. The smallest absolute Gasteiger partial charge is 0.329 e. The van der Waals surface area contributed by atoms with Crippen LogP contribution >= 0.6 is 11.8 Å². The van der Waals surface area contributed by atoms with Gasteiger partial charge in [0.1, 0.15) is 6.04 Å². The topological polar surface area (TPSA) is 129 Å². The van der Waals surface area contributed by atoms with Crippen LogP contribution in [-0.4, -0.2) is 56.8 Å². The molecule has 144 valence electrons. The number of carbonyl (C=O) groups is 3. The van der Waals surface area contributed by atoms with Crippen molar-refractivity contribution in [1.29, 1.82) is 0 Å². The van der Waals surface area contributed by atoms with Gasteiger partial charge in [-0.05, 0) is 30.6 Å². The van der Waals surface area contributed by atoms with Gasteiger partial charge in [-0.2, -0.15) is 11.8 Å². The van der Waals surface area contributed by atoms with Gasteiger partial charge in [0.05, 0.1) is 14.2 Å². The molecule has 0 saturated carbocycles. The van der Waals surface area contributed by atoms with Gasteiger partial charge in [-0.1, -0.05) is 0 Å². The van der Waals surface area contributed by atoms with Crippen molar-refractivity contribution in [3.8, 4) is 11.5 Å². The molecular weight excluding hydrogens is 362 g/mol. The Labute approximate surface area is 155 Å². The minimum Gasteiger partial charge on any atom is -0.493 e. The third-order valence-corrected chi connectivity index (χ3v) is 3.87. The maximum atomic E-state index is 12.0. The second-order valence-corrected chi connectivity index (χ2v) is 6.05. The molecule has 1 atom stereocenters. The van der Waals surface area contributed by atoms with Crippen LogP contribution < -0.4 is 25.8 Å². The van der Waals surface area contributed by atoms with E-state index in [2.05, 4.69) is 10.6 Å². The predicted octanol–water partition coefficient (Wildman–Crippen LogP) is 0.976. The number of rotatable bonds is 10. The summed E-state index contributed by atoms with van der Waals surface area (Å²) < 4.78 is 15.2. The summed E-state index contributed by atoms with van der Waals surface area (Å²) in [4.78, 5) is 34.9. The number of nitrogens with one attached hydrogen (secondary N) is 2. The minimum atomic E-state index is -0.895. The van der Waals surface area contributed by atoms with Crippen LogP contribution in [0.1, 0.15) is 6.42 Å². The van der Waals surface area contributed by atoms with Crippen LogP contribution in [-0.2, 0) is 14.3 Å². The molecule has 0 bridgehead atoms. The van der Waals surface area contributed by atoms with Crippen molar-refractivity contribution in [3.05, 3.63) is 18.2 Å². The Hall–Kier alpha value is -2.62. The fourth-order valence-corrected chi connectivity index (χ4v) is 2.48. The number of ether oxygens (including phenoxy) is 3. The first-order valence-corrected chi connectivity index (χ1v) is 9.04. The van der Waals surface area contributed by atoms with Gasteiger partial charge in [0.15, 0.2) is 18.1 Å². The summed E-state index contributed by atoms with van der Waals surface area (Å²) in [5.41, 5.74) is 5.50. The Balaban J connectivity index is 2.59. The number of primary amides is 1. The molecule has 1 rings (SSSR count). The van der Waals surface area contributed by atoms with E-state index in [4.69, 9.17) is 19.9 Å². The van der Waals surface area contributed by atoms with E-state index >= 15 is 0 Å². The lowest BCUT2D eigenvalue weighted by molar-refractivity contribution is -0.149. The van der Waals surface area contributed by atoms with Gasteiger partial charge in [-0.15, -0.1) is 0 Å². The number of esters is 1. The van der Waals surface area contributed by atoms with Crippen LogP contribution in [0.2, 0.25) is 0 Å². The number of thioether (sulfide) groups is 1. The molecule has 0 aromatic heterocycles. The Bertz CT molecular complexity index is 640. The summed E-state index contributed by atoms with van der Waals surface area (Å²) in [7, 11) is 2.98. The molecule has 4 N–H and O–H groups in total. The molecule has 1 aromatic rings. The van der Waals surface area contributed by atoms with E-state index in [0.717, 1.165) is 0 Å². The molecule has 0 saturated heterocycles. The van der Waals surface area contributed by atoms with Crippen molar-refractivity contribution < 1.29 is 28.6 Å². The summed E-state index contributed by atoms with van der Waals surface area (Å²) in [5.74, 6) is 0.336. The van der Waals surface area contributed by atoms with Gasteiger partial charge in [0, 0.05) is 11.8 Å². The van der Waals surface area contributed by atoms with Crippen molar-refractivity contribution in [1.82, 2.24) is 5.32 Å². The molecule has 26 heavy (non-hydrogen) atoms. The summed E-state index contributed by atoms with van der Waals surface area (Å²) in [6, 6.07) is 3.11. The molecule has 0 heterocycles. The number of hydrogen-bond acceptors (Lipinski definition) is 7. The normalized spacial score (nSPS) is 11.2. The summed E-state index contributed by atoms with van der Waals surface area (Å²) >= 11 is 1.51. The molecule has 0 fully saturated rings. The number of carbonyl (C=O) groups excluding carboxylic acids is 3. The van der Waals surface area contributed by atoms with Crippen LogP contribution in [0.15, 0.2) is 18.2 Å². The first-order valence-electron chi connectivity index (χ1n) is 7.64. The van der Waals surface area contributed by atoms with Crippen LogP contribution in [0.4, 0.5) is 10.5 Å². The predicted molar refractivity (Wildman–Crippen MR) is 98.6 cm³/mol. The standard InChI is InChI=1S/C16H23N3O6S/c1-23-12-5-4-10(8-13(12)24-2)18-14(20)9-25-15(21)11(6-7-26-3)19-16(17)22/h4-5,8,11H,6-7,9H2,1-3H3,(H,18,20)(H3,17,19,22)/t11-/m1/s1. The number of amides is 3. The third-order valence-electron chi connectivity index (χ3n) is 3.22. The monoisotopic (exact) mass is 385 g/mol. The quantitative estimate of drug-likeness (QED) is 0.512. The zero-order valence-corrected chi connectivity index (χ0v) is 15.7. The molecule has 0 unspecified atom stereocenters. The highest BCUT2D eigenvalue weighted by Crippen LogP contribution is 2.29. The van der Waals surface area contributed by atoms with E-state index in [9.17, 15) is 14.4 Å². The van der Waals surface area contributed by atoms with Gasteiger partial charge >= 0.3 is 12.0 Å². The van der Waals surface area contributed by atoms with E-state index in [0.29, 0.717) is 29.4 Å². The van der Waals surface area contributed by atoms with Gasteiger partial charge < -0.3 is 30.6 Å². The van der Waals surface area contributed by atoms with Crippen LogP contribution in [0.3, 0.4) is 0 Å². The second-order valence-electron chi connectivity index (χ2n) is 5.07. The van der Waals surface area contributed by atoms with E-state index in [1.807, 2.05) is 6.26 Å². The number of hydrogen-bond donors (Lipinski definition) is 3. The average molecular weight is 385 g/mol. The van der Waals surface area contributed by atoms with Gasteiger partial charge in [0.25, 0.3) is 5.91 Å². The SMILES string of the molecule is COc1ccc(NC(=O)COC(=O)[C@@H](CCSC)NC(N)=O)cc1OC. The van der Waals surface area contributed by atoms with E-state index in [1.54, 1.807) is 18.2 Å². The lowest BCUT2D eigenvalue weighted by Gasteiger charge is -2.16. The van der Waals surface area contributed by atoms with Gasteiger partial charge in [-0.25, -0.2) is 9.59 Å². The van der Waals surface area contributed by atoms with E-state index < -0.39 is 30.6 Å². The Morgan fingerprint density at radius 3 is 2.46 bits per heavy atom. The molecule has 0 radical (unpaired) electrons. The van der Waals surface area contributed by atoms with Crippen LogP contribution in [0, 0.1) is 0 Å². The summed E-state index contributed by atoms with van der Waals surface area (Å²) in [5, 5.41) is 4.88. The first-order chi connectivity index (χ1) is 12.4. The number of nitrogens with two attached hydrogens (primary N) is 1. The maximum absolute atomic E-state index is 12.0. The number of urea groups is 1. The summed E-state index contributed by atoms with van der Waals surface area (Å²) in [6.07, 6.45) is 2.21. The zero-order valence-electron chi connectivity index (χ0n) is 14.9. The highest BCUT2D eigenvalue weighted by Gasteiger charge is 2.22. The molecule has 0 aliphatic rings. The van der Waals surface area contributed by atoms with Crippen molar-refractivity contribution in [2.24, 2.45) is 5.73 Å². The van der Waals surface area contributed by atoms with Crippen molar-refractivity contribution in [2.75, 3.05) is 38.2 Å². The molecule has 10 heteroatoms. The van der Waals surface area contributed by atoms with Gasteiger partial charge in [0.2, 0.25) is 0 Å². The molecule has 3 amide bonds. The third kappa shape index (κ3) is 7.09. The highest BCUT2D eigenvalue weighted by molar-refractivity contribution is 7.98. The maximum Gasteiger partial charge on any atom is 0.329 e. The second kappa shape index (κ2) is 11.1. The minimum absolute atomic E-state index is 0.347. The highest BCUT2D eigenvalue weighted by atomic mass is 32.2. The van der Waals surface area contributed by atoms with Crippen molar-refractivity contribution in [2.45, 2.75) is 12.5 Å². The number of methoxy groups -OCH3 is 2. The van der Waals surface area contributed by atoms with Crippen molar-refractivity contribution >= 4 is 35.4 Å². The van der Waals surface area contributed by atoms with E-state index in [1.165, 1.54) is 26.0 Å². The zero-order chi connectivity index (χ0) is 19.5. The largest absolute Gasteiger partial charge is 0.493 e. The molecule has 9 nitrogen and oxygen atoms in total. The molecular formula is C16H23N3O6S. The number of anilines is 1. The molecule has 0 spiro atoms. The molecule has 0 aliphatic carbocycles. The first kappa shape index (κ1) is 21.4. The Kier molecular flexibility index (Phi) is 9.13. The Morgan fingerprint density at radius 2 is 1.88 bits per heavy atom. The lowest BCUT2D eigenvalue weighted by Crippen LogP contribution is -2.45. The molecule has 1 aromatic carbocycles. The lowest BCUT2D eigenvalue weighted by atomic mass is 10.2. The van der Waals surface area contributed by atoms with Crippen LogP contribution in [0.25, 0.3) is 0 Å². The fourth-order valence-electron chi connectivity index (χ4n) is 2.00. The Morgan fingerprint density at radius 1 is 1.19 bits per heavy atom. The van der Waals surface area contributed by atoms with Gasteiger partial charge in [-0.3, -0.25) is 4.79 Å². The fraction of sp³-hybridized carbons (Fsp3) is 0.438. The molecule has 0 aliphatic heterocycles. The summed E-state index contributed by atoms with van der Waals surface area (Å²) in [6.45, 7) is -0.497.